The zero-order valence-electron chi connectivity index (χ0n) is 13.7. The van der Waals surface area contributed by atoms with Crippen molar-refractivity contribution in [1.29, 1.82) is 0 Å². The summed E-state index contributed by atoms with van der Waals surface area (Å²) in [6.45, 7) is 0.00857. The SMILES string of the molecule is O=C(Oc1ccc([N+](=O)[O-])cc1)N1CN=CC=C1c1ccc([N+](=O)[O-])cc1. The van der Waals surface area contributed by atoms with Crippen LogP contribution >= 0.6 is 0 Å². The number of nitrogens with zero attached hydrogens (tertiary/aromatic N) is 4. The Bertz CT molecular complexity index is 950. The molecule has 0 fully saturated rings. The summed E-state index contributed by atoms with van der Waals surface area (Å²) in [5, 5.41) is 21.4. The Balaban J connectivity index is 1.78. The summed E-state index contributed by atoms with van der Waals surface area (Å²) in [4.78, 5) is 38.1. The number of nitro benzene ring substituents is 2. The lowest BCUT2D eigenvalue weighted by Gasteiger charge is -2.25. The van der Waals surface area contributed by atoms with Crippen molar-refractivity contribution >= 4 is 29.4 Å². The van der Waals surface area contributed by atoms with Gasteiger partial charge in [0.2, 0.25) is 0 Å². The van der Waals surface area contributed by atoms with Crippen LogP contribution in [0.3, 0.4) is 0 Å². The average Bonchev–Trinajstić information content (AvgIpc) is 2.68. The van der Waals surface area contributed by atoms with Crippen LogP contribution in [-0.4, -0.2) is 33.7 Å². The maximum Gasteiger partial charge on any atom is 0.421 e. The van der Waals surface area contributed by atoms with Crippen molar-refractivity contribution in [3.8, 4) is 5.75 Å². The molecular formula is C17H12N4O6. The molecule has 27 heavy (non-hydrogen) atoms. The Kier molecular flexibility index (Phi) is 4.88. The zero-order valence-corrected chi connectivity index (χ0v) is 13.7. The standard InChI is InChI=1S/C17H12N4O6/c22-17(27-15-7-5-14(6-8-15)21(25)26)19-11-18-10-9-16(19)12-1-3-13(4-2-12)20(23)24/h1-10H,11H2. The first kappa shape index (κ1) is 17.7. The van der Waals surface area contributed by atoms with Crippen LogP contribution in [-0.2, 0) is 0 Å². The molecule has 10 nitrogen and oxygen atoms in total. The number of hydrogen-bond acceptors (Lipinski definition) is 7. The molecule has 0 aromatic heterocycles. The van der Waals surface area contributed by atoms with Crippen molar-refractivity contribution in [3.05, 3.63) is 80.4 Å². The molecule has 1 heterocycles. The van der Waals surface area contributed by atoms with E-state index in [-0.39, 0.29) is 23.8 Å². The van der Waals surface area contributed by atoms with Crippen molar-refractivity contribution in [2.24, 2.45) is 4.99 Å². The van der Waals surface area contributed by atoms with E-state index in [2.05, 4.69) is 4.99 Å². The van der Waals surface area contributed by atoms with Crippen LogP contribution in [0.4, 0.5) is 16.2 Å². The predicted octanol–water partition coefficient (Wildman–Crippen LogP) is 3.39. The third kappa shape index (κ3) is 3.95. The molecule has 0 N–H and O–H groups in total. The zero-order chi connectivity index (χ0) is 19.4. The van der Waals surface area contributed by atoms with E-state index in [1.807, 2.05) is 0 Å². The van der Waals surface area contributed by atoms with Gasteiger partial charge in [0.15, 0.2) is 0 Å². The first-order valence-corrected chi connectivity index (χ1v) is 7.64. The van der Waals surface area contributed by atoms with Gasteiger partial charge in [0.25, 0.3) is 11.4 Å². The Morgan fingerprint density at radius 1 is 0.963 bits per heavy atom. The predicted molar refractivity (Wildman–Crippen MR) is 95.4 cm³/mol. The van der Waals surface area contributed by atoms with Gasteiger partial charge in [-0.1, -0.05) is 0 Å². The van der Waals surface area contributed by atoms with E-state index in [0.717, 1.165) is 0 Å². The number of carbonyl (C=O) groups excluding carboxylic acids is 1. The summed E-state index contributed by atoms with van der Waals surface area (Å²) >= 11 is 0. The van der Waals surface area contributed by atoms with Crippen LogP contribution in [0.15, 0.2) is 59.6 Å². The largest absolute Gasteiger partial charge is 0.421 e. The third-order valence-electron chi connectivity index (χ3n) is 3.70. The highest BCUT2D eigenvalue weighted by Crippen LogP contribution is 2.25. The maximum absolute atomic E-state index is 12.5. The van der Waals surface area contributed by atoms with Gasteiger partial charge in [0.1, 0.15) is 12.4 Å². The number of allylic oxidation sites excluding steroid dienone is 1. The molecule has 10 heteroatoms. The van der Waals surface area contributed by atoms with E-state index < -0.39 is 15.9 Å². The minimum absolute atomic E-state index is 0.00857. The van der Waals surface area contributed by atoms with Crippen LogP contribution in [0.1, 0.15) is 5.56 Å². The molecule has 1 aliphatic heterocycles. The lowest BCUT2D eigenvalue weighted by molar-refractivity contribution is -0.385. The summed E-state index contributed by atoms with van der Waals surface area (Å²) in [6, 6.07) is 10.8. The number of ether oxygens (including phenoxy) is 1. The van der Waals surface area contributed by atoms with Crippen LogP contribution in [0.2, 0.25) is 0 Å². The van der Waals surface area contributed by atoms with Gasteiger partial charge in [-0.05, 0) is 35.9 Å². The number of rotatable bonds is 4. The molecular weight excluding hydrogens is 356 g/mol. The van der Waals surface area contributed by atoms with E-state index >= 15 is 0 Å². The monoisotopic (exact) mass is 368 g/mol. The quantitative estimate of drug-likeness (QED) is 0.601. The summed E-state index contributed by atoms with van der Waals surface area (Å²) in [7, 11) is 0. The van der Waals surface area contributed by atoms with Crippen molar-refractivity contribution in [2.75, 3.05) is 6.67 Å². The van der Waals surface area contributed by atoms with Gasteiger partial charge in [-0.3, -0.25) is 30.1 Å². The molecule has 136 valence electrons. The molecule has 0 saturated heterocycles. The number of non-ortho nitro benzene ring substituents is 2. The molecule has 0 spiro atoms. The van der Waals surface area contributed by atoms with Gasteiger partial charge < -0.3 is 4.74 Å². The lowest BCUT2D eigenvalue weighted by atomic mass is 10.1. The first-order valence-electron chi connectivity index (χ1n) is 7.64. The molecule has 3 rings (SSSR count). The Hall–Kier alpha value is -4.08. The van der Waals surface area contributed by atoms with E-state index in [0.29, 0.717) is 11.3 Å². The molecule has 2 aromatic carbocycles. The fourth-order valence-electron chi connectivity index (χ4n) is 2.37. The van der Waals surface area contributed by atoms with Gasteiger partial charge >= 0.3 is 6.09 Å². The van der Waals surface area contributed by atoms with E-state index in [1.54, 1.807) is 6.08 Å². The molecule has 0 unspecified atom stereocenters. The van der Waals surface area contributed by atoms with Gasteiger partial charge in [-0.25, -0.2) is 4.79 Å². The topological polar surface area (TPSA) is 128 Å². The van der Waals surface area contributed by atoms with Crippen molar-refractivity contribution in [1.82, 2.24) is 4.90 Å². The fraction of sp³-hybridized carbons (Fsp3) is 0.0588. The van der Waals surface area contributed by atoms with Gasteiger partial charge in [-0.2, -0.15) is 0 Å². The second-order valence-corrected chi connectivity index (χ2v) is 5.38. The Morgan fingerprint density at radius 3 is 2.07 bits per heavy atom. The van der Waals surface area contributed by atoms with Crippen molar-refractivity contribution in [2.45, 2.75) is 0 Å². The maximum atomic E-state index is 12.5. The van der Waals surface area contributed by atoms with Crippen molar-refractivity contribution < 1.29 is 19.4 Å². The number of aliphatic imine (C=N–C) groups is 1. The highest BCUT2D eigenvalue weighted by Gasteiger charge is 2.23. The molecule has 2 aromatic rings. The summed E-state index contributed by atoms with van der Waals surface area (Å²) in [5.74, 6) is 0.142. The van der Waals surface area contributed by atoms with E-state index in [1.165, 1.54) is 59.6 Å². The van der Waals surface area contributed by atoms with Crippen molar-refractivity contribution in [3.63, 3.8) is 0 Å². The van der Waals surface area contributed by atoms with Crippen LogP contribution < -0.4 is 4.74 Å². The number of benzene rings is 2. The molecule has 0 radical (unpaired) electrons. The molecule has 1 aliphatic rings. The molecule has 0 bridgehead atoms. The number of hydrogen-bond donors (Lipinski definition) is 0. The van der Waals surface area contributed by atoms with Crippen LogP contribution in [0.25, 0.3) is 5.70 Å². The van der Waals surface area contributed by atoms with Crippen LogP contribution in [0.5, 0.6) is 5.75 Å². The molecule has 0 atom stereocenters. The van der Waals surface area contributed by atoms with Gasteiger partial charge in [0, 0.05) is 30.5 Å². The first-order chi connectivity index (χ1) is 13.0. The smallest absolute Gasteiger partial charge is 0.410 e. The molecule has 1 amide bonds. The Labute approximate surface area is 152 Å². The third-order valence-corrected chi connectivity index (χ3v) is 3.70. The molecule has 0 aliphatic carbocycles. The van der Waals surface area contributed by atoms with Gasteiger partial charge in [-0.15, -0.1) is 0 Å². The number of amides is 1. The number of carbonyl (C=O) groups is 1. The average molecular weight is 368 g/mol. The second kappa shape index (κ2) is 7.44. The fourth-order valence-corrected chi connectivity index (χ4v) is 2.37. The lowest BCUT2D eigenvalue weighted by Crippen LogP contribution is -2.34. The van der Waals surface area contributed by atoms with Gasteiger partial charge in [0.05, 0.1) is 15.5 Å². The minimum Gasteiger partial charge on any atom is -0.410 e. The van der Waals surface area contributed by atoms with E-state index in [4.69, 9.17) is 4.74 Å². The Morgan fingerprint density at radius 2 is 1.52 bits per heavy atom. The molecule has 0 saturated carbocycles. The highest BCUT2D eigenvalue weighted by molar-refractivity contribution is 5.92. The number of nitro groups is 2. The second-order valence-electron chi connectivity index (χ2n) is 5.38. The van der Waals surface area contributed by atoms with Crippen LogP contribution in [0, 0.1) is 20.2 Å². The summed E-state index contributed by atoms with van der Waals surface area (Å²) < 4.78 is 5.24. The van der Waals surface area contributed by atoms with E-state index in [9.17, 15) is 25.0 Å². The summed E-state index contributed by atoms with van der Waals surface area (Å²) in [5.41, 5.74) is 0.854. The summed E-state index contributed by atoms with van der Waals surface area (Å²) in [6.07, 6.45) is 2.37. The minimum atomic E-state index is -0.731. The highest BCUT2D eigenvalue weighted by atomic mass is 16.6. The normalized spacial score (nSPS) is 13.0.